The molecule has 11 aromatic carbocycles. The fourth-order valence-corrected chi connectivity index (χ4v) is 10.5. The topological polar surface area (TPSA) is 59.0 Å². The van der Waals surface area contributed by atoms with Gasteiger partial charge in [-0.1, -0.05) is 84.9 Å². The molecule has 15 aromatic rings. The molecule has 68 heavy (non-hydrogen) atoms. The molecule has 4 aromatic heterocycles. The summed E-state index contributed by atoms with van der Waals surface area (Å²) in [7, 11) is 0. The average molecular weight is 873 g/mol. The van der Waals surface area contributed by atoms with Crippen LogP contribution in [0.25, 0.3) is 109 Å². The van der Waals surface area contributed by atoms with Crippen molar-refractivity contribution in [1.29, 1.82) is 0 Å². The first kappa shape index (κ1) is 37.0. The van der Waals surface area contributed by atoms with Crippen molar-refractivity contribution >= 4 is 143 Å². The summed E-state index contributed by atoms with van der Waals surface area (Å²) in [6.07, 6.45) is 0. The Bertz CT molecular complexity index is 4230. The van der Waals surface area contributed by atoms with E-state index in [1.54, 1.807) is 0 Å². The predicted molar refractivity (Wildman–Crippen MR) is 280 cm³/mol. The van der Waals surface area contributed by atoms with E-state index in [9.17, 15) is 0 Å². The second kappa shape index (κ2) is 14.1. The number of anilines is 6. The Kier molecular flexibility index (Phi) is 7.69. The number of rotatable bonds is 6. The Balaban J connectivity index is 0.820. The highest BCUT2D eigenvalue weighted by atomic mass is 16.3. The second-order valence-corrected chi connectivity index (χ2v) is 17.7. The summed E-state index contributed by atoms with van der Waals surface area (Å²) in [6.45, 7) is 0. The maximum atomic E-state index is 6.72. The molecule has 0 aliphatic rings. The molecule has 0 radical (unpaired) electrons. The minimum atomic E-state index is 0.827. The van der Waals surface area contributed by atoms with Crippen LogP contribution < -0.4 is 9.80 Å². The van der Waals surface area contributed by atoms with E-state index in [2.05, 4.69) is 204 Å². The molecule has 0 spiro atoms. The van der Waals surface area contributed by atoms with Gasteiger partial charge >= 0.3 is 0 Å². The molecular formula is C62H36N2O4. The summed E-state index contributed by atoms with van der Waals surface area (Å²) in [4.78, 5) is 4.60. The summed E-state index contributed by atoms with van der Waals surface area (Å²) in [5.74, 6) is 0. The van der Waals surface area contributed by atoms with Crippen LogP contribution in [0.4, 0.5) is 34.1 Å². The van der Waals surface area contributed by atoms with Crippen LogP contribution in [0.15, 0.2) is 236 Å². The van der Waals surface area contributed by atoms with Crippen molar-refractivity contribution < 1.29 is 17.7 Å². The van der Waals surface area contributed by atoms with Crippen LogP contribution in [-0.4, -0.2) is 0 Å². The second-order valence-electron chi connectivity index (χ2n) is 17.7. The van der Waals surface area contributed by atoms with Gasteiger partial charge in [-0.15, -0.1) is 0 Å². The zero-order valence-corrected chi connectivity index (χ0v) is 36.3. The third kappa shape index (κ3) is 5.64. The van der Waals surface area contributed by atoms with Gasteiger partial charge in [-0.2, -0.15) is 0 Å². The molecule has 0 aliphatic heterocycles. The number of furan rings is 4. The van der Waals surface area contributed by atoms with Crippen molar-refractivity contribution in [2.24, 2.45) is 0 Å². The molecule has 0 unspecified atom stereocenters. The number of benzene rings is 11. The Labute approximate surface area is 387 Å². The fourth-order valence-electron chi connectivity index (χ4n) is 10.5. The molecule has 0 N–H and O–H groups in total. The maximum Gasteiger partial charge on any atom is 0.136 e. The molecule has 0 amide bonds. The fraction of sp³-hybridized carbons (Fsp3) is 0. The molecule has 0 aliphatic carbocycles. The number of fused-ring (bicyclic) bond motifs is 14. The molecule has 318 valence electrons. The lowest BCUT2D eigenvalue weighted by Gasteiger charge is -2.26. The van der Waals surface area contributed by atoms with Crippen molar-refractivity contribution in [3.63, 3.8) is 0 Å². The molecule has 0 saturated carbocycles. The van der Waals surface area contributed by atoms with E-state index in [0.29, 0.717) is 0 Å². The normalized spacial score (nSPS) is 12.1. The predicted octanol–water partition coefficient (Wildman–Crippen LogP) is 18.5. The van der Waals surface area contributed by atoms with Crippen LogP contribution in [0.1, 0.15) is 0 Å². The van der Waals surface area contributed by atoms with Crippen LogP contribution in [0.2, 0.25) is 0 Å². The number of hydrogen-bond donors (Lipinski definition) is 0. The highest BCUT2D eigenvalue weighted by Crippen LogP contribution is 2.44. The van der Waals surface area contributed by atoms with Gasteiger partial charge in [0.25, 0.3) is 0 Å². The molecule has 6 nitrogen and oxygen atoms in total. The van der Waals surface area contributed by atoms with Crippen LogP contribution >= 0.6 is 0 Å². The van der Waals surface area contributed by atoms with E-state index in [1.165, 1.54) is 0 Å². The van der Waals surface area contributed by atoms with Crippen LogP contribution in [0, 0.1) is 0 Å². The number of hydrogen-bond acceptors (Lipinski definition) is 6. The molecule has 0 bridgehead atoms. The summed E-state index contributed by atoms with van der Waals surface area (Å²) >= 11 is 0. The van der Waals surface area contributed by atoms with Crippen LogP contribution in [-0.2, 0) is 0 Å². The van der Waals surface area contributed by atoms with Gasteiger partial charge in [0.15, 0.2) is 0 Å². The number of para-hydroxylation sites is 4. The zero-order chi connectivity index (χ0) is 44.5. The Morgan fingerprint density at radius 3 is 1.00 bits per heavy atom. The molecule has 6 heteroatoms. The molecule has 15 rings (SSSR count). The standard InChI is InChI=1S/C62H36N2O4/c1-3-11-41(12-4-1)63(45-23-25-57-51(33-45)47-15-7-9-17-55(47)65-57)43-21-19-37-29-49-53-35-62-54(36-61(53)67-59(49)31-39(37)27-43)50-30-38-20-22-44(28-40(38)32-60(50)68-62)64(42-13-5-2-6-14-42)46-24-26-58-52(34-46)48-16-8-10-18-56(48)66-58/h1-36H. The van der Waals surface area contributed by atoms with Crippen molar-refractivity contribution in [2.75, 3.05) is 9.80 Å². The maximum absolute atomic E-state index is 6.72. The van der Waals surface area contributed by atoms with Gasteiger partial charge in [0.05, 0.1) is 0 Å². The first-order valence-electron chi connectivity index (χ1n) is 22.9. The summed E-state index contributed by atoms with van der Waals surface area (Å²) in [5, 5.41) is 13.0. The Hall–Kier alpha value is -9.26. The molecule has 0 atom stereocenters. The van der Waals surface area contributed by atoms with Crippen LogP contribution in [0.5, 0.6) is 0 Å². The largest absolute Gasteiger partial charge is 0.456 e. The van der Waals surface area contributed by atoms with E-state index >= 15 is 0 Å². The molecular weight excluding hydrogens is 837 g/mol. The van der Waals surface area contributed by atoms with Gasteiger partial charge in [-0.25, -0.2) is 0 Å². The van der Waals surface area contributed by atoms with Gasteiger partial charge in [0, 0.05) is 77.2 Å². The van der Waals surface area contributed by atoms with Crippen molar-refractivity contribution in [3.05, 3.63) is 218 Å². The quantitative estimate of drug-likeness (QED) is 0.166. The van der Waals surface area contributed by atoms with E-state index in [0.717, 1.165) is 143 Å². The average Bonchev–Trinajstić information content (AvgIpc) is 4.14. The SMILES string of the molecule is c1ccc(N(c2ccc3cc4c(cc3c2)oc2cc3c(cc24)oc2cc4cc(N(c5ccccc5)c5ccc6oc7ccccc7c6c5)ccc4cc23)c2ccc3oc4ccccc4c3c2)cc1. The summed E-state index contributed by atoms with van der Waals surface area (Å²) in [6, 6.07) is 76.8. The monoisotopic (exact) mass is 872 g/mol. The molecule has 4 heterocycles. The van der Waals surface area contributed by atoms with Gasteiger partial charge in [0.2, 0.25) is 0 Å². The van der Waals surface area contributed by atoms with Gasteiger partial charge in [0.1, 0.15) is 44.7 Å². The minimum Gasteiger partial charge on any atom is -0.456 e. The minimum absolute atomic E-state index is 0.827. The van der Waals surface area contributed by atoms with Gasteiger partial charge < -0.3 is 27.5 Å². The van der Waals surface area contributed by atoms with Gasteiger partial charge in [-0.05, 0) is 155 Å². The first-order chi connectivity index (χ1) is 33.6. The van der Waals surface area contributed by atoms with Crippen molar-refractivity contribution in [1.82, 2.24) is 0 Å². The highest BCUT2D eigenvalue weighted by molar-refractivity contribution is 6.18. The van der Waals surface area contributed by atoms with Crippen molar-refractivity contribution in [3.8, 4) is 0 Å². The van der Waals surface area contributed by atoms with E-state index in [1.807, 2.05) is 24.3 Å². The first-order valence-corrected chi connectivity index (χ1v) is 22.9. The smallest absolute Gasteiger partial charge is 0.136 e. The van der Waals surface area contributed by atoms with E-state index in [-0.39, 0.29) is 0 Å². The molecule has 0 saturated heterocycles. The Morgan fingerprint density at radius 1 is 0.191 bits per heavy atom. The Morgan fingerprint density at radius 2 is 0.529 bits per heavy atom. The van der Waals surface area contributed by atoms with Crippen molar-refractivity contribution in [2.45, 2.75) is 0 Å². The molecule has 0 fully saturated rings. The lowest BCUT2D eigenvalue weighted by atomic mass is 10.0. The summed E-state index contributed by atoms with van der Waals surface area (Å²) < 4.78 is 25.8. The van der Waals surface area contributed by atoms with E-state index < -0.39 is 0 Å². The highest BCUT2D eigenvalue weighted by Gasteiger charge is 2.20. The third-order valence-electron chi connectivity index (χ3n) is 13.7. The summed E-state index contributed by atoms with van der Waals surface area (Å²) in [5.41, 5.74) is 13.2. The lowest BCUT2D eigenvalue weighted by Crippen LogP contribution is -2.09. The lowest BCUT2D eigenvalue weighted by molar-refractivity contribution is 0.664. The zero-order valence-electron chi connectivity index (χ0n) is 36.3. The van der Waals surface area contributed by atoms with E-state index in [4.69, 9.17) is 17.7 Å². The number of nitrogens with zero attached hydrogens (tertiary/aromatic N) is 2. The van der Waals surface area contributed by atoms with Crippen LogP contribution in [0.3, 0.4) is 0 Å². The van der Waals surface area contributed by atoms with Gasteiger partial charge in [-0.3, -0.25) is 0 Å². The third-order valence-corrected chi connectivity index (χ3v) is 13.7.